The molecule has 0 fully saturated rings. The Morgan fingerprint density at radius 3 is 2.44 bits per heavy atom. The van der Waals surface area contributed by atoms with E-state index < -0.39 is 11.7 Å². The molecule has 18 heavy (non-hydrogen) atoms. The van der Waals surface area contributed by atoms with Gasteiger partial charge in [0.05, 0.1) is 16.6 Å². The minimum atomic E-state index is -0.741. The molecular formula is C14H8N2O2. The van der Waals surface area contributed by atoms with E-state index in [2.05, 4.69) is 9.98 Å². The molecule has 1 aromatic heterocycles. The van der Waals surface area contributed by atoms with E-state index in [1.807, 2.05) is 0 Å². The largest absolute Gasteiger partial charge is 0.318 e. The van der Waals surface area contributed by atoms with Crippen molar-refractivity contribution in [2.75, 3.05) is 0 Å². The van der Waals surface area contributed by atoms with Crippen LogP contribution in [0.25, 0.3) is 5.57 Å². The van der Waals surface area contributed by atoms with Crippen molar-refractivity contribution in [3.63, 3.8) is 0 Å². The zero-order valence-corrected chi connectivity index (χ0v) is 9.33. The highest BCUT2D eigenvalue weighted by molar-refractivity contribution is 6.53. The molecule has 0 saturated carbocycles. The summed E-state index contributed by atoms with van der Waals surface area (Å²) >= 11 is 0. The van der Waals surface area contributed by atoms with Crippen molar-refractivity contribution in [3.05, 3.63) is 64.9 Å². The smallest absolute Gasteiger partial charge is 0.283 e. The molecule has 2 aromatic rings. The van der Waals surface area contributed by atoms with E-state index in [4.69, 9.17) is 0 Å². The monoisotopic (exact) mass is 236 g/mol. The molecule has 1 aliphatic heterocycles. The van der Waals surface area contributed by atoms with E-state index in [9.17, 15) is 9.59 Å². The number of Topliss-reactive ketones (excluding diaryl/α,β-unsaturated/α-hetero) is 1. The third-order valence-electron chi connectivity index (χ3n) is 2.74. The minimum Gasteiger partial charge on any atom is -0.283 e. The lowest BCUT2D eigenvalue weighted by molar-refractivity contribution is -0.132. The van der Waals surface area contributed by atoms with Crippen molar-refractivity contribution in [3.8, 4) is 0 Å². The van der Waals surface area contributed by atoms with Crippen LogP contribution in [0.3, 0.4) is 0 Å². The van der Waals surface area contributed by atoms with Gasteiger partial charge in [-0.1, -0.05) is 24.3 Å². The molecule has 1 aromatic carbocycles. The number of hydrogen-bond donors (Lipinski definition) is 0. The molecule has 4 nitrogen and oxygen atoms in total. The standard InChI is InChI=1S/C14H8N2O2/c17-13-12(11-7-3-4-8-15-11)9-5-1-2-6-10(9)16-14(13)18/h1-8H. The van der Waals surface area contributed by atoms with Gasteiger partial charge in [0.1, 0.15) is 0 Å². The van der Waals surface area contributed by atoms with Gasteiger partial charge in [-0.25, -0.2) is 4.99 Å². The molecule has 0 unspecified atom stereocenters. The van der Waals surface area contributed by atoms with Gasteiger partial charge in [-0.05, 0) is 18.2 Å². The number of carbonyl (C=O) groups is 2. The molecule has 2 heterocycles. The van der Waals surface area contributed by atoms with Crippen LogP contribution in [-0.2, 0) is 9.59 Å². The van der Waals surface area contributed by atoms with Crippen molar-refractivity contribution in [2.24, 2.45) is 4.99 Å². The van der Waals surface area contributed by atoms with Crippen LogP contribution < -0.4 is 10.6 Å². The van der Waals surface area contributed by atoms with Crippen molar-refractivity contribution < 1.29 is 9.59 Å². The van der Waals surface area contributed by atoms with Gasteiger partial charge in [0, 0.05) is 11.4 Å². The summed E-state index contributed by atoms with van der Waals surface area (Å²) < 4.78 is 0. The number of para-hydroxylation sites is 1. The first kappa shape index (κ1) is 10.5. The Kier molecular flexibility index (Phi) is 2.34. The van der Waals surface area contributed by atoms with Gasteiger partial charge >= 0.3 is 5.91 Å². The number of nitrogens with zero attached hydrogens (tertiary/aromatic N) is 2. The number of fused-ring (bicyclic) bond motifs is 1. The van der Waals surface area contributed by atoms with E-state index in [1.54, 1.807) is 48.7 Å². The van der Waals surface area contributed by atoms with Crippen molar-refractivity contribution in [2.45, 2.75) is 0 Å². The van der Waals surface area contributed by atoms with Crippen LogP contribution in [0, 0.1) is 0 Å². The quantitative estimate of drug-likeness (QED) is 0.655. The summed E-state index contributed by atoms with van der Waals surface area (Å²) in [5, 5.41) is 1.17. The van der Waals surface area contributed by atoms with E-state index in [0.29, 0.717) is 21.8 Å². The highest BCUT2D eigenvalue weighted by Crippen LogP contribution is 2.10. The van der Waals surface area contributed by atoms with Crippen LogP contribution in [0.2, 0.25) is 0 Å². The summed E-state index contributed by atoms with van der Waals surface area (Å²) in [4.78, 5) is 31.4. The number of pyridine rings is 1. The molecular weight excluding hydrogens is 228 g/mol. The first-order chi connectivity index (χ1) is 8.77. The normalized spacial score (nSPS) is 14.1. The number of benzene rings is 1. The van der Waals surface area contributed by atoms with E-state index in [0.717, 1.165) is 0 Å². The maximum atomic E-state index is 12.0. The van der Waals surface area contributed by atoms with Gasteiger partial charge in [0.2, 0.25) is 0 Å². The van der Waals surface area contributed by atoms with Gasteiger partial charge in [-0.15, -0.1) is 0 Å². The summed E-state index contributed by atoms with van der Waals surface area (Å²) in [6, 6.07) is 12.3. The summed E-state index contributed by atoms with van der Waals surface area (Å²) in [5.74, 6) is -1.35. The van der Waals surface area contributed by atoms with Crippen LogP contribution in [0.1, 0.15) is 5.69 Å². The first-order valence-electron chi connectivity index (χ1n) is 5.45. The Bertz CT molecular complexity index is 764. The van der Waals surface area contributed by atoms with Crippen LogP contribution in [0.15, 0.2) is 53.7 Å². The van der Waals surface area contributed by atoms with Gasteiger partial charge in [0.15, 0.2) is 0 Å². The second kappa shape index (κ2) is 4.00. The number of aromatic nitrogens is 1. The molecule has 0 aliphatic carbocycles. The fraction of sp³-hybridized carbons (Fsp3) is 0. The number of rotatable bonds is 1. The molecule has 86 valence electrons. The fourth-order valence-corrected chi connectivity index (χ4v) is 1.94. The molecule has 0 spiro atoms. The first-order valence-corrected chi connectivity index (χ1v) is 5.45. The summed E-state index contributed by atoms with van der Waals surface area (Å²) in [6.07, 6.45) is 1.59. The lowest BCUT2D eigenvalue weighted by atomic mass is 10.0. The Labute approximate surface area is 102 Å². The van der Waals surface area contributed by atoms with Gasteiger partial charge in [-0.3, -0.25) is 14.6 Å². The number of hydrogen-bond acceptors (Lipinski definition) is 3. The fourth-order valence-electron chi connectivity index (χ4n) is 1.94. The third kappa shape index (κ3) is 1.55. The lowest BCUT2D eigenvalue weighted by Gasteiger charge is -2.07. The van der Waals surface area contributed by atoms with Crippen LogP contribution in [-0.4, -0.2) is 16.7 Å². The number of amides is 1. The Balaban J connectivity index is 2.45. The molecule has 0 radical (unpaired) electrons. The Morgan fingerprint density at radius 2 is 1.67 bits per heavy atom. The maximum Gasteiger partial charge on any atom is 0.318 e. The van der Waals surface area contributed by atoms with Crippen LogP contribution in [0.4, 0.5) is 0 Å². The van der Waals surface area contributed by atoms with E-state index in [-0.39, 0.29) is 0 Å². The second-order valence-corrected chi connectivity index (χ2v) is 3.85. The molecule has 0 bridgehead atoms. The average Bonchev–Trinajstić information content (AvgIpc) is 2.41. The van der Waals surface area contributed by atoms with Crippen molar-refractivity contribution in [1.82, 2.24) is 4.98 Å². The third-order valence-corrected chi connectivity index (χ3v) is 2.74. The van der Waals surface area contributed by atoms with E-state index >= 15 is 0 Å². The lowest BCUT2D eigenvalue weighted by Crippen LogP contribution is -2.38. The topological polar surface area (TPSA) is 59.4 Å². The summed E-state index contributed by atoms with van der Waals surface area (Å²) in [7, 11) is 0. The SMILES string of the molecule is O=C1N=c2ccccc2=C(c2ccccn2)C1=O. The molecule has 1 amide bonds. The summed E-state index contributed by atoms with van der Waals surface area (Å²) in [5.41, 5.74) is 0.824. The van der Waals surface area contributed by atoms with Gasteiger partial charge in [-0.2, -0.15) is 0 Å². The number of carbonyl (C=O) groups excluding carboxylic acids is 2. The Morgan fingerprint density at radius 1 is 0.889 bits per heavy atom. The molecule has 0 saturated heterocycles. The maximum absolute atomic E-state index is 12.0. The van der Waals surface area contributed by atoms with E-state index in [1.165, 1.54) is 0 Å². The van der Waals surface area contributed by atoms with Crippen LogP contribution in [0.5, 0.6) is 0 Å². The van der Waals surface area contributed by atoms with Crippen molar-refractivity contribution in [1.29, 1.82) is 0 Å². The molecule has 3 rings (SSSR count). The molecule has 4 heteroatoms. The Hall–Kier alpha value is -2.62. The molecule has 1 aliphatic rings. The zero-order valence-electron chi connectivity index (χ0n) is 9.33. The molecule has 0 atom stereocenters. The van der Waals surface area contributed by atoms with Crippen molar-refractivity contribution >= 4 is 17.3 Å². The second-order valence-electron chi connectivity index (χ2n) is 3.85. The van der Waals surface area contributed by atoms with Crippen LogP contribution >= 0.6 is 0 Å². The molecule has 0 N–H and O–H groups in total. The van der Waals surface area contributed by atoms with Gasteiger partial charge in [0.25, 0.3) is 5.78 Å². The highest BCUT2D eigenvalue weighted by atomic mass is 16.2. The highest BCUT2D eigenvalue weighted by Gasteiger charge is 2.24. The minimum absolute atomic E-state index is 0.325. The number of ketones is 1. The average molecular weight is 236 g/mol. The predicted molar refractivity (Wildman–Crippen MR) is 64.0 cm³/mol. The zero-order chi connectivity index (χ0) is 12.5. The van der Waals surface area contributed by atoms with Gasteiger partial charge < -0.3 is 0 Å². The predicted octanol–water partition coefficient (Wildman–Crippen LogP) is 0.00950. The summed E-state index contributed by atoms with van der Waals surface area (Å²) in [6.45, 7) is 0.